The van der Waals surface area contributed by atoms with E-state index in [1.54, 1.807) is 6.92 Å². The fourth-order valence-corrected chi connectivity index (χ4v) is 5.38. The molecule has 0 saturated carbocycles. The maximum Gasteiger partial charge on any atom is 0.263 e. The molecular formula is C14H16FN3O4S2. The molecule has 1 atom stereocenters. The molecule has 1 aromatic carbocycles. The molecule has 0 spiro atoms. The predicted molar refractivity (Wildman–Crippen MR) is 86.5 cm³/mol. The van der Waals surface area contributed by atoms with Gasteiger partial charge in [0.15, 0.2) is 9.84 Å². The third kappa shape index (κ3) is 3.44. The van der Waals surface area contributed by atoms with Crippen molar-refractivity contribution in [2.24, 2.45) is 0 Å². The molecule has 1 aliphatic rings. The summed E-state index contributed by atoms with van der Waals surface area (Å²) in [5, 5.41) is 4.22. The molecule has 130 valence electrons. The van der Waals surface area contributed by atoms with Crippen LogP contribution in [0.1, 0.15) is 18.2 Å². The Morgan fingerprint density at radius 1 is 1.29 bits per heavy atom. The number of sulfonamides is 1. The lowest BCUT2D eigenvalue weighted by molar-refractivity contribution is 0.503. The first kappa shape index (κ1) is 16.9. The lowest BCUT2D eigenvalue weighted by Crippen LogP contribution is -2.20. The van der Waals surface area contributed by atoms with Crippen LogP contribution in [0, 0.1) is 12.7 Å². The van der Waals surface area contributed by atoms with Crippen molar-refractivity contribution in [1.82, 2.24) is 9.78 Å². The minimum atomic E-state index is -3.92. The van der Waals surface area contributed by atoms with E-state index in [0.717, 1.165) is 24.3 Å². The number of nitrogens with zero attached hydrogens (tertiary/aromatic N) is 2. The molecule has 1 fully saturated rings. The summed E-state index contributed by atoms with van der Waals surface area (Å²) in [6.07, 6.45) is 0.384. The molecule has 2 aromatic rings. The Morgan fingerprint density at radius 3 is 2.54 bits per heavy atom. The largest absolute Gasteiger partial charge is 0.264 e. The monoisotopic (exact) mass is 373 g/mol. The molecule has 3 rings (SSSR count). The van der Waals surface area contributed by atoms with Crippen LogP contribution in [-0.2, 0) is 19.9 Å². The summed E-state index contributed by atoms with van der Waals surface area (Å²) < 4.78 is 64.9. The van der Waals surface area contributed by atoms with E-state index in [-0.39, 0.29) is 22.2 Å². The van der Waals surface area contributed by atoms with Crippen LogP contribution >= 0.6 is 0 Å². The molecule has 2 heterocycles. The third-order valence-corrected chi connectivity index (χ3v) is 6.90. The van der Waals surface area contributed by atoms with Crippen molar-refractivity contribution in [3.63, 3.8) is 0 Å². The maximum absolute atomic E-state index is 13.0. The topological polar surface area (TPSA) is 98.1 Å². The number of aromatic nitrogens is 2. The first-order valence-electron chi connectivity index (χ1n) is 7.21. The van der Waals surface area contributed by atoms with Gasteiger partial charge in [0.05, 0.1) is 28.1 Å². The summed E-state index contributed by atoms with van der Waals surface area (Å²) in [6.45, 7) is 1.69. The van der Waals surface area contributed by atoms with Gasteiger partial charge in [0, 0.05) is 6.07 Å². The highest BCUT2D eigenvalue weighted by Gasteiger charge is 2.32. The first-order valence-corrected chi connectivity index (χ1v) is 10.5. The molecule has 0 radical (unpaired) electrons. The maximum atomic E-state index is 13.0. The average Bonchev–Trinajstić information content (AvgIpc) is 3.01. The molecular weight excluding hydrogens is 357 g/mol. The van der Waals surface area contributed by atoms with Gasteiger partial charge >= 0.3 is 0 Å². The third-order valence-electron chi connectivity index (χ3n) is 3.78. The molecule has 1 N–H and O–H groups in total. The van der Waals surface area contributed by atoms with Crippen LogP contribution in [0.5, 0.6) is 0 Å². The number of sulfone groups is 1. The molecule has 1 saturated heterocycles. The number of rotatable bonds is 4. The van der Waals surface area contributed by atoms with Crippen LogP contribution in [0.15, 0.2) is 35.2 Å². The van der Waals surface area contributed by atoms with E-state index >= 15 is 0 Å². The second kappa shape index (κ2) is 5.85. The van der Waals surface area contributed by atoms with Crippen molar-refractivity contribution in [2.45, 2.75) is 24.3 Å². The highest BCUT2D eigenvalue weighted by molar-refractivity contribution is 7.92. The van der Waals surface area contributed by atoms with Gasteiger partial charge in [-0.2, -0.15) is 5.10 Å². The van der Waals surface area contributed by atoms with E-state index in [1.165, 1.54) is 10.7 Å². The fraction of sp³-hybridized carbons (Fsp3) is 0.357. The first-order chi connectivity index (χ1) is 11.2. The normalized spacial score (nSPS) is 20.2. The molecule has 0 amide bonds. The van der Waals surface area contributed by atoms with Crippen molar-refractivity contribution in [2.75, 3.05) is 16.2 Å². The summed E-state index contributed by atoms with van der Waals surface area (Å²) in [5.41, 5.74) is 0.566. The van der Waals surface area contributed by atoms with Gasteiger partial charge < -0.3 is 0 Å². The van der Waals surface area contributed by atoms with Crippen molar-refractivity contribution >= 4 is 25.7 Å². The van der Waals surface area contributed by atoms with Crippen molar-refractivity contribution in [1.29, 1.82) is 0 Å². The average molecular weight is 373 g/mol. The van der Waals surface area contributed by atoms with Gasteiger partial charge in [0.1, 0.15) is 11.6 Å². The van der Waals surface area contributed by atoms with Crippen molar-refractivity contribution in [3.8, 4) is 0 Å². The van der Waals surface area contributed by atoms with Crippen molar-refractivity contribution in [3.05, 3.63) is 41.8 Å². The Morgan fingerprint density at radius 2 is 1.96 bits per heavy atom. The van der Waals surface area contributed by atoms with Gasteiger partial charge in [-0.1, -0.05) is 0 Å². The van der Waals surface area contributed by atoms with E-state index in [4.69, 9.17) is 0 Å². The number of hydrogen-bond acceptors (Lipinski definition) is 5. The summed E-state index contributed by atoms with van der Waals surface area (Å²) in [6, 6.07) is 5.55. The van der Waals surface area contributed by atoms with Gasteiger partial charge in [-0.25, -0.2) is 25.9 Å². The minimum absolute atomic E-state index is 0.0563. The number of hydrogen-bond donors (Lipinski definition) is 1. The Bertz CT molecular complexity index is 966. The number of aryl methyl sites for hydroxylation is 1. The summed E-state index contributed by atoms with van der Waals surface area (Å²) in [5.74, 6) is -0.356. The molecule has 10 heteroatoms. The van der Waals surface area contributed by atoms with Crippen LogP contribution in [0.4, 0.5) is 10.2 Å². The van der Waals surface area contributed by atoms with Gasteiger partial charge in [0.25, 0.3) is 10.0 Å². The Labute approximate surface area is 139 Å². The number of benzene rings is 1. The zero-order valence-corrected chi connectivity index (χ0v) is 14.4. The molecule has 1 aromatic heterocycles. The smallest absolute Gasteiger partial charge is 0.263 e. The molecule has 1 aliphatic heterocycles. The quantitative estimate of drug-likeness (QED) is 0.876. The SMILES string of the molecule is Cc1cc(NS(=O)(=O)c2ccc(F)cc2)n(C2CCS(=O)(=O)C2)n1. The summed E-state index contributed by atoms with van der Waals surface area (Å²) in [7, 11) is -7.06. The highest BCUT2D eigenvalue weighted by Crippen LogP contribution is 2.28. The van der Waals surface area contributed by atoms with Crippen LogP contribution in [-0.4, -0.2) is 38.1 Å². The number of nitrogens with one attached hydrogen (secondary N) is 1. The van der Waals surface area contributed by atoms with Crippen LogP contribution in [0.3, 0.4) is 0 Å². The predicted octanol–water partition coefficient (Wildman–Crippen LogP) is 1.49. The van der Waals surface area contributed by atoms with Crippen molar-refractivity contribution < 1.29 is 21.2 Å². The van der Waals surface area contributed by atoms with E-state index in [9.17, 15) is 21.2 Å². The number of anilines is 1. The molecule has 1 unspecified atom stereocenters. The fourth-order valence-electron chi connectivity index (χ4n) is 2.65. The Balaban J connectivity index is 1.92. The van der Waals surface area contributed by atoms with Gasteiger partial charge in [-0.3, -0.25) is 4.72 Å². The summed E-state index contributed by atoms with van der Waals surface area (Å²) >= 11 is 0. The van der Waals surface area contributed by atoms with Gasteiger partial charge in [0.2, 0.25) is 0 Å². The lowest BCUT2D eigenvalue weighted by atomic mass is 10.3. The van der Waals surface area contributed by atoms with E-state index in [1.807, 2.05) is 0 Å². The summed E-state index contributed by atoms with van der Waals surface area (Å²) in [4.78, 5) is -0.0895. The zero-order chi connectivity index (χ0) is 17.5. The second-order valence-corrected chi connectivity index (χ2v) is 9.64. The van der Waals surface area contributed by atoms with Crippen LogP contribution in [0.2, 0.25) is 0 Å². The van der Waals surface area contributed by atoms with Crippen LogP contribution in [0.25, 0.3) is 0 Å². The minimum Gasteiger partial charge on any atom is -0.264 e. The van der Waals surface area contributed by atoms with Gasteiger partial charge in [-0.05, 0) is 37.6 Å². The van der Waals surface area contributed by atoms with Crippen LogP contribution < -0.4 is 4.72 Å². The number of halogens is 1. The van der Waals surface area contributed by atoms with E-state index < -0.39 is 31.7 Å². The van der Waals surface area contributed by atoms with E-state index in [0.29, 0.717) is 12.1 Å². The molecule has 24 heavy (non-hydrogen) atoms. The van der Waals surface area contributed by atoms with E-state index in [2.05, 4.69) is 9.82 Å². The Hall–Kier alpha value is -1.94. The Kier molecular flexibility index (Phi) is 4.12. The highest BCUT2D eigenvalue weighted by atomic mass is 32.2. The standard InChI is InChI=1S/C14H16FN3O4S2/c1-10-8-14(18(16-10)12-6-7-23(19,20)9-12)17-24(21,22)13-4-2-11(15)3-5-13/h2-5,8,12,17H,6-7,9H2,1H3. The second-order valence-electron chi connectivity index (χ2n) is 5.73. The lowest BCUT2D eigenvalue weighted by Gasteiger charge is -2.14. The van der Waals surface area contributed by atoms with Gasteiger partial charge in [-0.15, -0.1) is 0 Å². The zero-order valence-electron chi connectivity index (χ0n) is 12.8. The molecule has 0 bridgehead atoms. The molecule has 0 aliphatic carbocycles. The molecule has 7 nitrogen and oxygen atoms in total.